The molecular weight excluding hydrogens is 390 g/mol. The number of furan rings is 1. The monoisotopic (exact) mass is 409 g/mol. The molecular formula is C22H19NO5S. The molecule has 1 unspecified atom stereocenters. The summed E-state index contributed by atoms with van der Waals surface area (Å²) in [7, 11) is 1.49. The van der Waals surface area contributed by atoms with Crippen LogP contribution >= 0.6 is 11.3 Å². The molecule has 1 aromatic carbocycles. The molecule has 6 nitrogen and oxygen atoms in total. The third kappa shape index (κ3) is 3.34. The summed E-state index contributed by atoms with van der Waals surface area (Å²) in [6.45, 7) is 2.12. The highest BCUT2D eigenvalue weighted by molar-refractivity contribution is 7.09. The van der Waals surface area contributed by atoms with E-state index in [1.165, 1.54) is 29.6 Å². The average molecular weight is 409 g/mol. The van der Waals surface area contributed by atoms with Gasteiger partial charge in [-0.3, -0.25) is 9.59 Å². The van der Waals surface area contributed by atoms with E-state index in [2.05, 4.69) is 0 Å². The minimum absolute atomic E-state index is 0.00888. The SMILES string of the molecule is COc1ccc(C)cc1/C(O)=C1/C(=O)C(=O)N(Cc2cccs2)C1c1ccco1. The number of carbonyl (C=O) groups is 2. The van der Waals surface area contributed by atoms with Crippen LogP contribution in [0.15, 0.2) is 64.1 Å². The molecule has 1 N–H and O–H groups in total. The highest BCUT2D eigenvalue weighted by Gasteiger charge is 2.47. The molecule has 1 amide bonds. The van der Waals surface area contributed by atoms with Gasteiger partial charge in [0.05, 0.1) is 31.1 Å². The largest absolute Gasteiger partial charge is 0.507 e. The lowest BCUT2D eigenvalue weighted by molar-refractivity contribution is -0.140. The van der Waals surface area contributed by atoms with Crippen LogP contribution in [0.2, 0.25) is 0 Å². The molecule has 1 fully saturated rings. The fraction of sp³-hybridized carbons (Fsp3) is 0.182. The summed E-state index contributed by atoms with van der Waals surface area (Å²) < 4.78 is 10.9. The average Bonchev–Trinajstić information content (AvgIpc) is 3.46. The van der Waals surface area contributed by atoms with Gasteiger partial charge in [0.2, 0.25) is 0 Å². The predicted octanol–water partition coefficient (Wildman–Crippen LogP) is 4.28. The molecule has 7 heteroatoms. The van der Waals surface area contributed by atoms with Crippen molar-refractivity contribution >= 4 is 28.8 Å². The zero-order valence-corrected chi connectivity index (χ0v) is 16.7. The summed E-state index contributed by atoms with van der Waals surface area (Å²) in [6.07, 6.45) is 1.48. The summed E-state index contributed by atoms with van der Waals surface area (Å²) in [5.74, 6) is -0.874. The van der Waals surface area contributed by atoms with Crippen molar-refractivity contribution in [3.05, 3.63) is 81.4 Å². The third-order valence-electron chi connectivity index (χ3n) is 4.87. The molecule has 2 aromatic heterocycles. The molecule has 0 aliphatic carbocycles. The number of aliphatic hydroxyl groups excluding tert-OH is 1. The van der Waals surface area contributed by atoms with E-state index >= 15 is 0 Å². The maximum atomic E-state index is 13.0. The van der Waals surface area contributed by atoms with Gasteiger partial charge >= 0.3 is 0 Å². The standard InChI is InChI=1S/C22H19NO5S/c1-13-7-8-16(27-2)15(11-13)20(24)18-19(17-6-3-9-28-17)23(22(26)21(18)25)12-14-5-4-10-29-14/h3-11,19,24H,12H2,1-2H3/b20-18-. The number of rotatable bonds is 5. The zero-order chi connectivity index (χ0) is 20.5. The van der Waals surface area contributed by atoms with Crippen LogP contribution in [0.25, 0.3) is 5.76 Å². The molecule has 4 rings (SSSR count). The fourth-order valence-corrected chi connectivity index (χ4v) is 4.21. The molecule has 1 atom stereocenters. The number of benzene rings is 1. The normalized spacial score (nSPS) is 18.4. The highest BCUT2D eigenvalue weighted by Crippen LogP contribution is 2.42. The number of amides is 1. The van der Waals surface area contributed by atoms with Crippen LogP contribution in [0, 0.1) is 6.92 Å². The molecule has 0 saturated carbocycles. The Morgan fingerprint density at radius 2 is 2.07 bits per heavy atom. The van der Waals surface area contributed by atoms with Gasteiger partial charge in [0.15, 0.2) is 0 Å². The van der Waals surface area contributed by atoms with Crippen LogP contribution in [0.3, 0.4) is 0 Å². The number of carbonyl (C=O) groups excluding carboxylic acids is 2. The van der Waals surface area contributed by atoms with Gasteiger partial charge in [0.1, 0.15) is 23.3 Å². The van der Waals surface area contributed by atoms with Crippen LogP contribution in [0.1, 0.15) is 27.8 Å². The number of likely N-dealkylation sites (tertiary alicyclic amines) is 1. The fourth-order valence-electron chi connectivity index (χ4n) is 3.51. The Bertz CT molecular complexity index is 1080. The quantitative estimate of drug-likeness (QED) is 0.387. The van der Waals surface area contributed by atoms with Crippen LogP contribution in [0.5, 0.6) is 5.75 Å². The highest BCUT2D eigenvalue weighted by atomic mass is 32.1. The Labute approximate surface area is 171 Å². The van der Waals surface area contributed by atoms with Gasteiger partial charge in [-0.25, -0.2) is 0 Å². The first kappa shape index (κ1) is 19.0. The first-order chi connectivity index (χ1) is 14.0. The number of aliphatic hydroxyl groups is 1. The van der Waals surface area contributed by atoms with E-state index in [9.17, 15) is 14.7 Å². The van der Waals surface area contributed by atoms with Crippen molar-refractivity contribution < 1.29 is 23.8 Å². The van der Waals surface area contributed by atoms with Crippen LogP contribution < -0.4 is 4.74 Å². The molecule has 148 valence electrons. The van der Waals surface area contributed by atoms with Gasteiger partial charge in [-0.2, -0.15) is 0 Å². The van der Waals surface area contributed by atoms with Gasteiger partial charge in [-0.15, -0.1) is 11.3 Å². The summed E-state index contributed by atoms with van der Waals surface area (Å²) >= 11 is 1.49. The number of Topliss-reactive ketones (excluding diaryl/α,β-unsaturated/α-hetero) is 1. The van der Waals surface area contributed by atoms with Gasteiger partial charge in [0.25, 0.3) is 11.7 Å². The summed E-state index contributed by atoms with van der Waals surface area (Å²) in [5, 5.41) is 13.0. The van der Waals surface area contributed by atoms with Crippen molar-refractivity contribution in [1.29, 1.82) is 0 Å². The topological polar surface area (TPSA) is 80.0 Å². The van der Waals surface area contributed by atoms with Crippen molar-refractivity contribution in [1.82, 2.24) is 4.90 Å². The maximum Gasteiger partial charge on any atom is 0.296 e. The Morgan fingerprint density at radius 1 is 1.24 bits per heavy atom. The van der Waals surface area contributed by atoms with E-state index in [1.54, 1.807) is 24.3 Å². The summed E-state index contributed by atoms with van der Waals surface area (Å²) in [4.78, 5) is 28.2. The van der Waals surface area contributed by atoms with Crippen molar-refractivity contribution in [2.24, 2.45) is 0 Å². The molecule has 1 aliphatic rings. The van der Waals surface area contributed by atoms with E-state index in [0.29, 0.717) is 17.1 Å². The number of ether oxygens (including phenoxy) is 1. The number of methoxy groups -OCH3 is 1. The lowest BCUT2D eigenvalue weighted by Crippen LogP contribution is -2.28. The van der Waals surface area contributed by atoms with E-state index in [0.717, 1.165) is 10.4 Å². The zero-order valence-electron chi connectivity index (χ0n) is 15.9. The van der Waals surface area contributed by atoms with E-state index < -0.39 is 17.7 Å². The lowest BCUT2D eigenvalue weighted by Gasteiger charge is -2.22. The smallest absolute Gasteiger partial charge is 0.296 e. The van der Waals surface area contributed by atoms with E-state index in [-0.39, 0.29) is 17.9 Å². The second-order valence-corrected chi connectivity index (χ2v) is 7.76. The molecule has 3 aromatic rings. The minimum atomic E-state index is -0.822. The lowest BCUT2D eigenvalue weighted by atomic mass is 9.98. The number of hydrogen-bond acceptors (Lipinski definition) is 6. The van der Waals surface area contributed by atoms with Crippen LogP contribution in [-0.4, -0.2) is 28.8 Å². The molecule has 3 heterocycles. The maximum absolute atomic E-state index is 13.0. The Kier molecular flexibility index (Phi) is 4.98. The molecule has 29 heavy (non-hydrogen) atoms. The second-order valence-electron chi connectivity index (χ2n) is 6.73. The van der Waals surface area contributed by atoms with Crippen LogP contribution in [0.4, 0.5) is 0 Å². The minimum Gasteiger partial charge on any atom is -0.507 e. The second kappa shape index (κ2) is 7.60. The Hall–Kier alpha value is -3.32. The first-order valence-corrected chi connectivity index (χ1v) is 9.88. The summed E-state index contributed by atoms with van der Waals surface area (Å²) in [5.41, 5.74) is 1.23. The van der Waals surface area contributed by atoms with Gasteiger partial charge in [0, 0.05) is 4.88 Å². The van der Waals surface area contributed by atoms with E-state index in [1.807, 2.05) is 30.5 Å². The van der Waals surface area contributed by atoms with Gasteiger partial charge < -0.3 is 19.2 Å². The third-order valence-corrected chi connectivity index (χ3v) is 5.73. The molecule has 1 aliphatic heterocycles. The number of thiophene rings is 1. The molecule has 0 spiro atoms. The van der Waals surface area contributed by atoms with Crippen molar-refractivity contribution in [2.45, 2.75) is 19.5 Å². The molecule has 0 radical (unpaired) electrons. The van der Waals surface area contributed by atoms with Crippen molar-refractivity contribution in [2.75, 3.05) is 7.11 Å². The molecule has 0 bridgehead atoms. The Balaban J connectivity index is 1.89. The number of nitrogens with zero attached hydrogens (tertiary/aromatic N) is 1. The van der Waals surface area contributed by atoms with Crippen LogP contribution in [-0.2, 0) is 16.1 Å². The van der Waals surface area contributed by atoms with Crippen molar-refractivity contribution in [3.8, 4) is 5.75 Å². The predicted molar refractivity (Wildman–Crippen MR) is 109 cm³/mol. The number of ketones is 1. The number of hydrogen-bond donors (Lipinski definition) is 1. The molecule has 1 saturated heterocycles. The first-order valence-electron chi connectivity index (χ1n) is 9.00. The van der Waals surface area contributed by atoms with Crippen molar-refractivity contribution in [3.63, 3.8) is 0 Å². The van der Waals surface area contributed by atoms with Gasteiger partial charge in [-0.05, 0) is 42.6 Å². The Morgan fingerprint density at radius 3 is 2.72 bits per heavy atom. The summed E-state index contributed by atoms with van der Waals surface area (Å²) in [6, 6.07) is 11.6. The number of aryl methyl sites for hydroxylation is 1. The van der Waals surface area contributed by atoms with Gasteiger partial charge in [-0.1, -0.05) is 17.7 Å². The van der Waals surface area contributed by atoms with E-state index in [4.69, 9.17) is 9.15 Å².